The second-order valence-electron chi connectivity index (χ2n) is 13.6. The van der Waals surface area contributed by atoms with Gasteiger partial charge in [-0.15, -0.1) is 0 Å². The van der Waals surface area contributed by atoms with E-state index in [-0.39, 0.29) is 11.1 Å². The predicted octanol–water partition coefficient (Wildman–Crippen LogP) is 10.4. The van der Waals surface area contributed by atoms with Gasteiger partial charge in [0.25, 0.3) is 8.32 Å². The van der Waals surface area contributed by atoms with Crippen LogP contribution in [0.4, 0.5) is 0 Å². The summed E-state index contributed by atoms with van der Waals surface area (Å²) in [5.74, 6) is 0. The van der Waals surface area contributed by atoms with Crippen LogP contribution in [-0.2, 0) is 10.8 Å². The average Bonchev–Trinajstić information content (AvgIpc) is 3.05. The SMILES string of the molecule is CCCCCCCCCCC(O)C=CC=Cc1ccccc1CCCCCO[Si](c1ccccc1)(c1ccccc1)C(C)(C)C. The van der Waals surface area contributed by atoms with Crippen molar-refractivity contribution in [1.82, 2.24) is 0 Å². The van der Waals surface area contributed by atoms with Crippen LogP contribution in [0.3, 0.4) is 0 Å². The molecule has 2 nitrogen and oxygen atoms in total. The molecule has 244 valence electrons. The molecule has 1 N–H and O–H groups in total. The number of hydrogen-bond acceptors (Lipinski definition) is 2. The fraction of sp³-hybridized carbons (Fsp3) is 0.476. The van der Waals surface area contributed by atoms with E-state index >= 15 is 0 Å². The number of allylic oxidation sites excluding steroid dienone is 2. The Hall–Kier alpha value is -2.72. The summed E-state index contributed by atoms with van der Waals surface area (Å²) in [4.78, 5) is 0. The molecule has 0 aliphatic heterocycles. The molecule has 0 heterocycles. The number of aryl methyl sites for hydroxylation is 1. The van der Waals surface area contributed by atoms with Gasteiger partial charge in [-0.1, -0.05) is 195 Å². The fourth-order valence-electron chi connectivity index (χ4n) is 6.44. The van der Waals surface area contributed by atoms with Gasteiger partial charge in [0.15, 0.2) is 0 Å². The van der Waals surface area contributed by atoms with E-state index < -0.39 is 8.32 Å². The average molecular weight is 625 g/mol. The van der Waals surface area contributed by atoms with Crippen molar-refractivity contribution in [3.05, 3.63) is 114 Å². The Balaban J connectivity index is 1.46. The Kier molecular flexibility index (Phi) is 16.7. The lowest BCUT2D eigenvalue weighted by atomic mass is 10.0. The first-order chi connectivity index (χ1) is 21.9. The number of unbranched alkanes of at least 4 members (excludes halogenated alkanes) is 9. The first kappa shape index (κ1) is 36.7. The molecule has 0 bridgehead atoms. The van der Waals surface area contributed by atoms with Crippen LogP contribution in [0.1, 0.15) is 116 Å². The fourth-order valence-corrected chi connectivity index (χ4v) is 11.0. The second-order valence-corrected chi connectivity index (χ2v) is 17.9. The molecule has 1 atom stereocenters. The van der Waals surface area contributed by atoms with Crippen LogP contribution in [0.25, 0.3) is 6.08 Å². The van der Waals surface area contributed by atoms with Gasteiger partial charge in [-0.2, -0.15) is 0 Å². The molecule has 0 saturated heterocycles. The van der Waals surface area contributed by atoms with E-state index in [0.29, 0.717) is 0 Å². The van der Waals surface area contributed by atoms with E-state index in [0.717, 1.165) is 45.1 Å². The lowest BCUT2D eigenvalue weighted by Crippen LogP contribution is -2.66. The molecular weight excluding hydrogens is 565 g/mol. The largest absolute Gasteiger partial charge is 0.407 e. The third-order valence-electron chi connectivity index (χ3n) is 8.95. The van der Waals surface area contributed by atoms with Gasteiger partial charge in [0, 0.05) is 6.61 Å². The third-order valence-corrected chi connectivity index (χ3v) is 14.0. The van der Waals surface area contributed by atoms with Gasteiger partial charge < -0.3 is 9.53 Å². The third kappa shape index (κ3) is 12.2. The standard InChI is InChI=1S/C42H60O2Si/c1-5-6-7-8-9-10-11-16-30-39(43)31-24-23-29-38-28-22-21-27-37(38)26-15-14-25-36-44-45(42(2,3)4,40-32-17-12-18-33-40)41-34-19-13-20-35-41/h12-13,17-24,27-29,31-35,39,43H,5-11,14-16,25-26,30,36H2,1-4H3. The highest BCUT2D eigenvalue weighted by atomic mass is 28.4. The summed E-state index contributed by atoms with van der Waals surface area (Å²) in [7, 11) is -2.46. The minimum absolute atomic E-state index is 0.0129. The van der Waals surface area contributed by atoms with Crippen molar-refractivity contribution in [3.63, 3.8) is 0 Å². The van der Waals surface area contributed by atoms with Crippen molar-refractivity contribution in [2.75, 3.05) is 6.61 Å². The molecule has 0 amide bonds. The van der Waals surface area contributed by atoms with Gasteiger partial charge in [-0.05, 0) is 52.2 Å². The normalized spacial score (nSPS) is 13.2. The van der Waals surface area contributed by atoms with Crippen molar-refractivity contribution >= 4 is 24.8 Å². The molecule has 0 saturated carbocycles. The van der Waals surface area contributed by atoms with E-state index in [1.165, 1.54) is 66.4 Å². The molecule has 45 heavy (non-hydrogen) atoms. The van der Waals surface area contributed by atoms with Gasteiger partial charge in [-0.25, -0.2) is 0 Å². The van der Waals surface area contributed by atoms with Gasteiger partial charge in [0.2, 0.25) is 0 Å². The summed E-state index contributed by atoms with van der Waals surface area (Å²) in [5.41, 5.74) is 2.65. The maximum atomic E-state index is 10.4. The topological polar surface area (TPSA) is 29.5 Å². The number of aliphatic hydroxyl groups is 1. The quantitative estimate of drug-likeness (QED) is 0.0726. The molecule has 3 rings (SSSR count). The van der Waals surface area contributed by atoms with Crippen molar-refractivity contribution in [3.8, 4) is 0 Å². The molecule has 3 aromatic rings. The molecule has 3 heteroatoms. The Morgan fingerprint density at radius 1 is 0.667 bits per heavy atom. The van der Waals surface area contributed by atoms with Crippen molar-refractivity contribution < 1.29 is 9.53 Å². The maximum absolute atomic E-state index is 10.4. The smallest absolute Gasteiger partial charge is 0.261 e. The Morgan fingerprint density at radius 2 is 1.22 bits per heavy atom. The molecule has 0 radical (unpaired) electrons. The first-order valence-electron chi connectivity index (χ1n) is 17.7. The summed E-state index contributed by atoms with van der Waals surface area (Å²) in [6.45, 7) is 10.1. The van der Waals surface area contributed by atoms with E-state index in [1.54, 1.807) is 0 Å². The van der Waals surface area contributed by atoms with E-state index in [9.17, 15) is 5.11 Å². The summed E-state index contributed by atoms with van der Waals surface area (Å²) in [6.07, 6.45) is 23.5. The highest BCUT2D eigenvalue weighted by Gasteiger charge is 2.49. The Bertz CT molecular complexity index is 1200. The van der Waals surface area contributed by atoms with Crippen LogP contribution in [0, 0.1) is 0 Å². The molecule has 0 fully saturated rings. The molecule has 3 aromatic carbocycles. The zero-order chi connectivity index (χ0) is 32.2. The lowest BCUT2D eigenvalue weighted by molar-refractivity contribution is 0.208. The Morgan fingerprint density at radius 3 is 1.84 bits per heavy atom. The number of aliphatic hydroxyl groups excluding tert-OH is 1. The molecule has 0 aliphatic carbocycles. The minimum atomic E-state index is -2.46. The summed E-state index contributed by atoms with van der Waals surface area (Å²) in [5, 5.41) is 13.1. The summed E-state index contributed by atoms with van der Waals surface area (Å²) >= 11 is 0. The maximum Gasteiger partial charge on any atom is 0.261 e. The van der Waals surface area contributed by atoms with Crippen molar-refractivity contribution in [1.29, 1.82) is 0 Å². The predicted molar refractivity (Wildman–Crippen MR) is 199 cm³/mol. The lowest BCUT2D eigenvalue weighted by Gasteiger charge is -2.43. The van der Waals surface area contributed by atoms with Crippen LogP contribution in [0.5, 0.6) is 0 Å². The van der Waals surface area contributed by atoms with E-state index in [1.807, 2.05) is 12.2 Å². The van der Waals surface area contributed by atoms with Gasteiger partial charge in [-0.3, -0.25) is 0 Å². The number of rotatable bonds is 21. The van der Waals surface area contributed by atoms with E-state index in [4.69, 9.17) is 4.43 Å². The zero-order valence-electron chi connectivity index (χ0n) is 28.7. The van der Waals surface area contributed by atoms with Crippen LogP contribution in [0.15, 0.2) is 103 Å². The highest BCUT2D eigenvalue weighted by molar-refractivity contribution is 6.99. The zero-order valence-corrected chi connectivity index (χ0v) is 29.7. The Labute approximate surface area is 276 Å². The minimum Gasteiger partial charge on any atom is -0.407 e. The van der Waals surface area contributed by atoms with Crippen LogP contribution in [0.2, 0.25) is 5.04 Å². The molecular formula is C42H60O2Si. The summed E-state index contributed by atoms with van der Waals surface area (Å²) in [6, 6.07) is 30.6. The van der Waals surface area contributed by atoms with Crippen molar-refractivity contribution in [2.24, 2.45) is 0 Å². The first-order valence-corrected chi connectivity index (χ1v) is 19.6. The number of hydrogen-bond donors (Lipinski definition) is 1. The van der Waals surface area contributed by atoms with Gasteiger partial charge >= 0.3 is 0 Å². The monoisotopic (exact) mass is 624 g/mol. The van der Waals surface area contributed by atoms with Gasteiger partial charge in [0.1, 0.15) is 0 Å². The molecule has 0 spiro atoms. The molecule has 0 aliphatic rings. The highest BCUT2D eigenvalue weighted by Crippen LogP contribution is 2.36. The van der Waals surface area contributed by atoms with Crippen molar-refractivity contribution in [2.45, 2.75) is 122 Å². The molecule has 0 aromatic heterocycles. The van der Waals surface area contributed by atoms with E-state index in [2.05, 4.69) is 125 Å². The summed E-state index contributed by atoms with van der Waals surface area (Å²) < 4.78 is 7.08. The van der Waals surface area contributed by atoms with Crippen LogP contribution >= 0.6 is 0 Å². The van der Waals surface area contributed by atoms with Crippen LogP contribution in [-0.4, -0.2) is 26.1 Å². The van der Waals surface area contributed by atoms with Crippen LogP contribution < -0.4 is 10.4 Å². The second kappa shape index (κ2) is 20.4. The van der Waals surface area contributed by atoms with Gasteiger partial charge in [0.05, 0.1) is 6.10 Å². The molecule has 1 unspecified atom stereocenters. The number of benzene rings is 3.